The third-order valence-electron chi connectivity index (χ3n) is 3.44. The Hall–Kier alpha value is -1.13. The second-order valence-electron chi connectivity index (χ2n) is 5.21. The van der Waals surface area contributed by atoms with E-state index in [9.17, 15) is 5.11 Å². The fourth-order valence-electron chi connectivity index (χ4n) is 2.10. The van der Waals surface area contributed by atoms with Gasteiger partial charge in [-0.2, -0.15) is 0 Å². The van der Waals surface area contributed by atoms with Crippen LogP contribution in [0.3, 0.4) is 0 Å². The Labute approximate surface area is 102 Å². The van der Waals surface area contributed by atoms with Gasteiger partial charge in [0.05, 0.1) is 23.2 Å². The highest BCUT2D eigenvalue weighted by Gasteiger charge is 2.27. The van der Waals surface area contributed by atoms with E-state index in [4.69, 9.17) is 5.73 Å². The molecule has 4 heteroatoms. The van der Waals surface area contributed by atoms with Crippen LogP contribution in [0.25, 0.3) is 0 Å². The molecule has 3 N–H and O–H groups in total. The average molecular weight is 235 g/mol. The zero-order valence-corrected chi connectivity index (χ0v) is 10.6. The maximum Gasteiger partial charge on any atom is 0.0653 e. The van der Waals surface area contributed by atoms with E-state index in [1.165, 1.54) is 0 Å². The third kappa shape index (κ3) is 2.96. The van der Waals surface area contributed by atoms with E-state index in [0.717, 1.165) is 37.3 Å². The van der Waals surface area contributed by atoms with Gasteiger partial charge in [-0.1, -0.05) is 0 Å². The smallest absolute Gasteiger partial charge is 0.0653 e. The van der Waals surface area contributed by atoms with Crippen molar-refractivity contribution < 1.29 is 5.11 Å². The Morgan fingerprint density at radius 1 is 1.41 bits per heavy atom. The summed E-state index contributed by atoms with van der Waals surface area (Å²) >= 11 is 0. The summed E-state index contributed by atoms with van der Waals surface area (Å²) in [6.07, 6.45) is 3.49. The van der Waals surface area contributed by atoms with Crippen molar-refractivity contribution in [3.8, 4) is 0 Å². The SMILES string of the molecule is C[C@@H](N)c1ccc(N2CCC(C)(O)CC2)cn1. The van der Waals surface area contributed by atoms with E-state index in [2.05, 4.69) is 16.0 Å². The van der Waals surface area contributed by atoms with Crippen LogP contribution in [0.4, 0.5) is 5.69 Å². The molecule has 1 aliphatic rings. The first kappa shape index (κ1) is 12.3. The average Bonchev–Trinajstić information content (AvgIpc) is 2.29. The van der Waals surface area contributed by atoms with Crippen LogP contribution in [-0.4, -0.2) is 28.8 Å². The summed E-state index contributed by atoms with van der Waals surface area (Å²) in [5.41, 5.74) is 7.29. The number of aromatic nitrogens is 1. The molecular weight excluding hydrogens is 214 g/mol. The van der Waals surface area contributed by atoms with Crippen molar-refractivity contribution in [3.05, 3.63) is 24.0 Å². The summed E-state index contributed by atoms with van der Waals surface area (Å²) in [4.78, 5) is 6.62. The topological polar surface area (TPSA) is 62.4 Å². The number of hydrogen-bond acceptors (Lipinski definition) is 4. The number of hydrogen-bond donors (Lipinski definition) is 2. The van der Waals surface area contributed by atoms with Crippen molar-refractivity contribution in [1.29, 1.82) is 0 Å². The summed E-state index contributed by atoms with van der Waals surface area (Å²) in [7, 11) is 0. The summed E-state index contributed by atoms with van der Waals surface area (Å²) in [5.74, 6) is 0. The van der Waals surface area contributed by atoms with Gasteiger partial charge >= 0.3 is 0 Å². The van der Waals surface area contributed by atoms with E-state index in [-0.39, 0.29) is 6.04 Å². The van der Waals surface area contributed by atoms with E-state index in [1.807, 2.05) is 26.1 Å². The van der Waals surface area contributed by atoms with Crippen LogP contribution in [0.5, 0.6) is 0 Å². The number of anilines is 1. The molecule has 0 radical (unpaired) electrons. The molecular formula is C13H21N3O. The molecule has 0 bridgehead atoms. The Morgan fingerprint density at radius 3 is 2.53 bits per heavy atom. The summed E-state index contributed by atoms with van der Waals surface area (Å²) < 4.78 is 0. The van der Waals surface area contributed by atoms with Gasteiger partial charge in [0.25, 0.3) is 0 Å². The van der Waals surface area contributed by atoms with Crippen LogP contribution in [-0.2, 0) is 0 Å². The number of nitrogens with zero attached hydrogens (tertiary/aromatic N) is 2. The Bertz CT molecular complexity index is 363. The normalized spacial score (nSPS) is 21.3. The molecule has 0 spiro atoms. The number of aliphatic hydroxyl groups is 1. The molecule has 1 saturated heterocycles. The van der Waals surface area contributed by atoms with Crippen molar-refractivity contribution in [1.82, 2.24) is 4.98 Å². The minimum absolute atomic E-state index is 0.0221. The van der Waals surface area contributed by atoms with Crippen LogP contribution in [0.15, 0.2) is 18.3 Å². The summed E-state index contributed by atoms with van der Waals surface area (Å²) in [6.45, 7) is 5.60. The predicted molar refractivity (Wildman–Crippen MR) is 68.9 cm³/mol. The van der Waals surface area contributed by atoms with Crippen LogP contribution in [0.2, 0.25) is 0 Å². The van der Waals surface area contributed by atoms with E-state index >= 15 is 0 Å². The highest BCUT2D eigenvalue weighted by Crippen LogP contribution is 2.25. The molecule has 1 atom stereocenters. The Kier molecular flexibility index (Phi) is 3.35. The van der Waals surface area contributed by atoms with Crippen molar-refractivity contribution >= 4 is 5.69 Å². The lowest BCUT2D eigenvalue weighted by Gasteiger charge is -2.37. The molecule has 2 rings (SSSR count). The maximum atomic E-state index is 9.90. The number of nitrogens with two attached hydrogens (primary N) is 1. The van der Waals surface area contributed by atoms with Crippen LogP contribution in [0.1, 0.15) is 38.4 Å². The van der Waals surface area contributed by atoms with Crippen molar-refractivity contribution in [2.75, 3.05) is 18.0 Å². The molecule has 0 unspecified atom stereocenters. The van der Waals surface area contributed by atoms with Gasteiger partial charge in [-0.3, -0.25) is 4.98 Å². The van der Waals surface area contributed by atoms with Gasteiger partial charge in [0, 0.05) is 19.1 Å². The molecule has 4 nitrogen and oxygen atoms in total. The third-order valence-corrected chi connectivity index (χ3v) is 3.44. The molecule has 17 heavy (non-hydrogen) atoms. The van der Waals surface area contributed by atoms with E-state index in [0.29, 0.717) is 0 Å². The monoisotopic (exact) mass is 235 g/mol. The largest absolute Gasteiger partial charge is 0.390 e. The summed E-state index contributed by atoms with van der Waals surface area (Å²) in [6, 6.07) is 4.02. The van der Waals surface area contributed by atoms with Crippen LogP contribution in [0, 0.1) is 0 Å². The zero-order chi connectivity index (χ0) is 12.5. The standard InChI is InChI=1S/C13H21N3O/c1-10(14)12-4-3-11(9-15-12)16-7-5-13(2,17)6-8-16/h3-4,9-10,17H,5-8,14H2,1-2H3/t10-/m1/s1. The van der Waals surface area contributed by atoms with Gasteiger partial charge in [0.2, 0.25) is 0 Å². The predicted octanol–water partition coefficient (Wildman–Crippen LogP) is 1.45. The first-order valence-corrected chi connectivity index (χ1v) is 6.17. The van der Waals surface area contributed by atoms with Gasteiger partial charge in [0.1, 0.15) is 0 Å². The van der Waals surface area contributed by atoms with E-state index in [1.54, 1.807) is 0 Å². The minimum Gasteiger partial charge on any atom is -0.390 e. The molecule has 1 aromatic heterocycles. The lowest BCUT2D eigenvalue weighted by Crippen LogP contribution is -2.42. The Morgan fingerprint density at radius 2 is 2.06 bits per heavy atom. The van der Waals surface area contributed by atoms with Crippen molar-refractivity contribution in [2.45, 2.75) is 38.3 Å². The summed E-state index contributed by atoms with van der Waals surface area (Å²) in [5, 5.41) is 9.90. The van der Waals surface area contributed by atoms with Gasteiger partial charge < -0.3 is 15.7 Å². The fraction of sp³-hybridized carbons (Fsp3) is 0.615. The zero-order valence-electron chi connectivity index (χ0n) is 10.6. The van der Waals surface area contributed by atoms with Crippen LogP contribution < -0.4 is 10.6 Å². The van der Waals surface area contributed by atoms with Gasteiger partial charge in [-0.25, -0.2) is 0 Å². The molecule has 1 fully saturated rings. The van der Waals surface area contributed by atoms with Crippen molar-refractivity contribution in [3.63, 3.8) is 0 Å². The molecule has 2 heterocycles. The van der Waals surface area contributed by atoms with Crippen LogP contribution >= 0.6 is 0 Å². The first-order valence-electron chi connectivity index (χ1n) is 6.17. The lowest BCUT2D eigenvalue weighted by molar-refractivity contribution is 0.0351. The minimum atomic E-state index is -0.504. The first-order chi connectivity index (χ1) is 7.98. The highest BCUT2D eigenvalue weighted by atomic mass is 16.3. The second-order valence-corrected chi connectivity index (χ2v) is 5.21. The lowest BCUT2D eigenvalue weighted by atomic mass is 9.93. The van der Waals surface area contributed by atoms with Gasteiger partial charge in [0.15, 0.2) is 0 Å². The molecule has 0 aliphatic carbocycles. The molecule has 0 amide bonds. The molecule has 0 aromatic carbocycles. The maximum absolute atomic E-state index is 9.90. The number of piperidine rings is 1. The van der Waals surface area contributed by atoms with E-state index < -0.39 is 5.60 Å². The number of pyridine rings is 1. The second kappa shape index (κ2) is 4.63. The Balaban J connectivity index is 2.04. The molecule has 94 valence electrons. The quantitative estimate of drug-likeness (QED) is 0.814. The number of rotatable bonds is 2. The van der Waals surface area contributed by atoms with Gasteiger partial charge in [-0.15, -0.1) is 0 Å². The fourth-order valence-corrected chi connectivity index (χ4v) is 2.10. The molecule has 1 aromatic rings. The molecule has 0 saturated carbocycles. The molecule has 1 aliphatic heterocycles. The van der Waals surface area contributed by atoms with Gasteiger partial charge in [-0.05, 0) is 38.8 Å². The van der Waals surface area contributed by atoms with Crippen molar-refractivity contribution in [2.24, 2.45) is 5.73 Å². The highest BCUT2D eigenvalue weighted by molar-refractivity contribution is 5.45.